The Labute approximate surface area is 209 Å². The molecule has 11 heteroatoms. The fourth-order valence-electron chi connectivity index (χ4n) is 5.24. The summed E-state index contributed by atoms with van der Waals surface area (Å²) in [6.07, 6.45) is 7.28. The SMILES string of the molecule is CS(O)(O)N1CCN(C(=O)C2CCc3c(sc4ncnc(Nc5ccc6c(c5)C=NC6)c34)C2)CC1. The van der Waals surface area contributed by atoms with Crippen molar-refractivity contribution in [2.75, 3.05) is 37.8 Å². The minimum absolute atomic E-state index is 0.0514. The molecule has 1 unspecified atom stereocenters. The predicted molar refractivity (Wildman–Crippen MR) is 141 cm³/mol. The summed E-state index contributed by atoms with van der Waals surface area (Å²) < 4.78 is 21.5. The summed E-state index contributed by atoms with van der Waals surface area (Å²) in [5.41, 5.74) is 4.60. The van der Waals surface area contributed by atoms with Crippen LogP contribution in [-0.4, -0.2) is 72.8 Å². The van der Waals surface area contributed by atoms with Crippen molar-refractivity contribution >= 4 is 56.0 Å². The van der Waals surface area contributed by atoms with E-state index in [1.54, 1.807) is 22.0 Å². The van der Waals surface area contributed by atoms with E-state index in [0.29, 0.717) is 32.6 Å². The van der Waals surface area contributed by atoms with Gasteiger partial charge in [0.2, 0.25) is 5.91 Å². The molecule has 1 aliphatic carbocycles. The van der Waals surface area contributed by atoms with Crippen LogP contribution in [0.15, 0.2) is 29.5 Å². The van der Waals surface area contributed by atoms with Gasteiger partial charge >= 0.3 is 0 Å². The molecule has 35 heavy (non-hydrogen) atoms. The Hall–Kier alpha value is -2.57. The van der Waals surface area contributed by atoms with E-state index < -0.39 is 10.8 Å². The van der Waals surface area contributed by atoms with Gasteiger partial charge in [-0.3, -0.25) is 18.9 Å². The van der Waals surface area contributed by atoms with Crippen molar-refractivity contribution in [1.82, 2.24) is 19.2 Å². The van der Waals surface area contributed by atoms with E-state index >= 15 is 0 Å². The number of aromatic nitrogens is 2. The van der Waals surface area contributed by atoms with E-state index in [1.807, 2.05) is 11.1 Å². The number of piperazine rings is 1. The molecule has 1 fully saturated rings. The third kappa shape index (κ3) is 4.31. The molecule has 184 valence electrons. The molecule has 3 N–H and O–H groups in total. The van der Waals surface area contributed by atoms with Crippen molar-refractivity contribution in [3.8, 4) is 0 Å². The van der Waals surface area contributed by atoms with Gasteiger partial charge in [0.15, 0.2) is 0 Å². The smallest absolute Gasteiger partial charge is 0.226 e. The van der Waals surface area contributed by atoms with Crippen LogP contribution in [0.2, 0.25) is 0 Å². The summed E-state index contributed by atoms with van der Waals surface area (Å²) in [7, 11) is -2.71. The molecule has 0 saturated carbocycles. The van der Waals surface area contributed by atoms with Gasteiger partial charge in [-0.15, -0.1) is 22.1 Å². The third-order valence-electron chi connectivity index (χ3n) is 7.13. The van der Waals surface area contributed by atoms with E-state index in [4.69, 9.17) is 0 Å². The summed E-state index contributed by atoms with van der Waals surface area (Å²) in [6.45, 7) is 2.78. The molecule has 2 aromatic heterocycles. The number of rotatable bonds is 4. The first-order chi connectivity index (χ1) is 16.9. The number of nitrogens with zero attached hydrogens (tertiary/aromatic N) is 5. The molecule has 1 atom stereocenters. The number of hydrogen-bond donors (Lipinski definition) is 3. The number of fused-ring (bicyclic) bond motifs is 4. The van der Waals surface area contributed by atoms with Crippen LogP contribution in [0.5, 0.6) is 0 Å². The molecule has 3 aromatic rings. The maximum atomic E-state index is 13.3. The minimum Gasteiger partial charge on any atom is -0.340 e. The zero-order chi connectivity index (χ0) is 24.2. The number of thiophene rings is 1. The number of aryl methyl sites for hydroxylation is 1. The maximum Gasteiger partial charge on any atom is 0.226 e. The molecule has 9 nitrogen and oxygen atoms in total. The Morgan fingerprint density at radius 2 is 2.03 bits per heavy atom. The highest BCUT2D eigenvalue weighted by Gasteiger charge is 2.34. The highest BCUT2D eigenvalue weighted by Crippen LogP contribution is 2.42. The van der Waals surface area contributed by atoms with Gasteiger partial charge in [-0.05, 0) is 48.1 Å². The first-order valence-corrected chi connectivity index (χ1v) is 14.5. The van der Waals surface area contributed by atoms with Gasteiger partial charge < -0.3 is 10.2 Å². The average Bonchev–Trinajstić information content (AvgIpc) is 3.47. The summed E-state index contributed by atoms with van der Waals surface area (Å²) >= 11 is 1.66. The van der Waals surface area contributed by atoms with E-state index in [1.165, 1.54) is 22.3 Å². The molecular formula is C24H28N6O3S2. The Kier molecular flexibility index (Phi) is 5.76. The molecule has 1 saturated heterocycles. The van der Waals surface area contributed by atoms with E-state index in [9.17, 15) is 13.9 Å². The molecule has 1 amide bonds. The zero-order valence-electron chi connectivity index (χ0n) is 19.5. The second kappa shape index (κ2) is 8.82. The zero-order valence-corrected chi connectivity index (χ0v) is 21.1. The highest BCUT2D eigenvalue weighted by molar-refractivity contribution is 8.21. The molecule has 0 bridgehead atoms. The van der Waals surface area contributed by atoms with Crippen molar-refractivity contribution in [2.45, 2.75) is 25.8 Å². The van der Waals surface area contributed by atoms with E-state index in [-0.39, 0.29) is 11.8 Å². The Morgan fingerprint density at radius 1 is 1.20 bits per heavy atom. The number of anilines is 2. The summed E-state index contributed by atoms with van der Waals surface area (Å²) in [6, 6.07) is 6.27. The van der Waals surface area contributed by atoms with Crippen LogP contribution in [-0.2, 0) is 24.2 Å². The van der Waals surface area contributed by atoms with Crippen LogP contribution in [0.3, 0.4) is 0 Å². The van der Waals surface area contributed by atoms with Gasteiger partial charge in [-0.25, -0.2) is 14.3 Å². The topological polar surface area (TPSA) is 114 Å². The number of carbonyl (C=O) groups excluding carboxylic acids is 1. The second-order valence-corrected chi connectivity index (χ2v) is 12.6. The molecule has 6 rings (SSSR count). The van der Waals surface area contributed by atoms with Gasteiger partial charge in [0.05, 0.1) is 11.9 Å². The predicted octanol–water partition coefficient (Wildman–Crippen LogP) is 3.91. The number of hydrogen-bond acceptors (Lipinski definition) is 9. The van der Waals surface area contributed by atoms with Crippen molar-refractivity contribution in [3.63, 3.8) is 0 Å². The first-order valence-electron chi connectivity index (χ1n) is 11.8. The monoisotopic (exact) mass is 512 g/mol. The quantitative estimate of drug-likeness (QED) is 0.486. The van der Waals surface area contributed by atoms with Crippen molar-refractivity contribution in [2.24, 2.45) is 10.9 Å². The average molecular weight is 513 g/mol. The number of benzene rings is 1. The Balaban J connectivity index is 1.20. The standard InChI is InChI=1S/C24H28N6O3S2/c1-35(32,33)30-8-6-29(7-9-30)24(31)15-3-5-19-20(11-15)34-23-21(19)22(26-14-27-23)28-18-4-2-16-12-25-13-17(16)10-18/h2,4,10,13-15,32-33H,3,5-9,11-12H2,1H3,(H,26,27,28). The van der Waals surface area contributed by atoms with Gasteiger partial charge in [-0.2, -0.15) is 0 Å². The van der Waals surface area contributed by atoms with E-state index in [2.05, 4.69) is 38.5 Å². The Morgan fingerprint density at radius 3 is 2.83 bits per heavy atom. The number of amides is 1. The molecular weight excluding hydrogens is 484 g/mol. The lowest BCUT2D eigenvalue weighted by Crippen LogP contribution is -2.51. The third-order valence-corrected chi connectivity index (χ3v) is 9.64. The van der Waals surface area contributed by atoms with Crippen LogP contribution >= 0.6 is 22.1 Å². The van der Waals surface area contributed by atoms with Crippen LogP contribution < -0.4 is 5.32 Å². The number of nitrogens with one attached hydrogen (secondary N) is 1. The van der Waals surface area contributed by atoms with Gasteiger partial charge in [0.1, 0.15) is 17.0 Å². The van der Waals surface area contributed by atoms with Crippen molar-refractivity contribution in [3.05, 3.63) is 46.1 Å². The second-order valence-electron chi connectivity index (χ2n) is 9.40. The Bertz CT molecular complexity index is 1330. The number of carbonyl (C=O) groups is 1. The maximum absolute atomic E-state index is 13.3. The fraction of sp³-hybridized carbons (Fsp3) is 0.417. The summed E-state index contributed by atoms with van der Waals surface area (Å²) in [4.78, 5) is 30.8. The van der Waals surface area contributed by atoms with E-state index in [0.717, 1.165) is 46.7 Å². The number of aliphatic imine (C=N–C) groups is 1. The van der Waals surface area contributed by atoms with Crippen molar-refractivity contribution < 1.29 is 13.9 Å². The molecule has 2 aliphatic heterocycles. The molecule has 1 aromatic carbocycles. The lowest BCUT2D eigenvalue weighted by atomic mass is 9.86. The fourth-order valence-corrected chi connectivity index (χ4v) is 7.37. The summed E-state index contributed by atoms with van der Waals surface area (Å²) in [5, 5.41) is 4.55. The molecule has 0 spiro atoms. The normalized spacial score (nSPS) is 20.7. The largest absolute Gasteiger partial charge is 0.340 e. The molecule has 4 heterocycles. The lowest BCUT2D eigenvalue weighted by Gasteiger charge is -2.45. The van der Waals surface area contributed by atoms with Gasteiger partial charge in [-0.1, -0.05) is 6.07 Å². The molecule has 0 radical (unpaired) electrons. The van der Waals surface area contributed by atoms with Gasteiger partial charge in [0.25, 0.3) is 0 Å². The molecule has 3 aliphatic rings. The van der Waals surface area contributed by atoms with Crippen LogP contribution in [0.4, 0.5) is 11.5 Å². The van der Waals surface area contributed by atoms with Gasteiger partial charge in [0, 0.05) is 55.1 Å². The van der Waals surface area contributed by atoms with Crippen molar-refractivity contribution in [1.29, 1.82) is 0 Å². The minimum atomic E-state index is -2.71. The highest BCUT2D eigenvalue weighted by atomic mass is 32.3. The first kappa shape index (κ1) is 22.9. The van der Waals surface area contributed by atoms with Crippen LogP contribution in [0, 0.1) is 5.92 Å². The van der Waals surface area contributed by atoms with Crippen LogP contribution in [0.1, 0.15) is 28.0 Å². The lowest BCUT2D eigenvalue weighted by molar-refractivity contribution is -0.137. The van der Waals surface area contributed by atoms with Crippen LogP contribution in [0.25, 0.3) is 10.2 Å². The summed E-state index contributed by atoms with van der Waals surface area (Å²) in [5.74, 6) is 0.927.